The average Bonchev–Trinajstić information content (AvgIpc) is 3.48. The molecule has 1 aliphatic rings. The Hall–Kier alpha value is -4.24. The van der Waals surface area contributed by atoms with Gasteiger partial charge in [0.05, 0.1) is 24.5 Å². The molecular formula is C27H26N6O2S. The van der Waals surface area contributed by atoms with Crippen molar-refractivity contribution in [2.75, 3.05) is 17.3 Å². The molecule has 0 unspecified atom stereocenters. The fourth-order valence-corrected chi connectivity index (χ4v) is 4.94. The quantitative estimate of drug-likeness (QED) is 0.364. The predicted molar refractivity (Wildman–Crippen MR) is 143 cm³/mol. The number of amides is 1. The predicted octanol–water partition coefficient (Wildman–Crippen LogP) is 4.47. The highest BCUT2D eigenvalue weighted by Gasteiger charge is 2.42. The molecule has 2 atom stereocenters. The van der Waals surface area contributed by atoms with Crippen LogP contribution in [0.1, 0.15) is 36.0 Å². The van der Waals surface area contributed by atoms with E-state index in [4.69, 9.17) is 17.0 Å². The van der Waals surface area contributed by atoms with E-state index in [0.29, 0.717) is 23.1 Å². The number of aromatic nitrogens is 3. The normalized spacial score (nSPS) is 17.1. The minimum absolute atomic E-state index is 0.180. The van der Waals surface area contributed by atoms with Crippen molar-refractivity contribution < 1.29 is 9.53 Å². The van der Waals surface area contributed by atoms with Crippen LogP contribution in [-0.2, 0) is 11.3 Å². The lowest BCUT2D eigenvalue weighted by Crippen LogP contribution is -2.30. The van der Waals surface area contributed by atoms with Gasteiger partial charge in [-0.3, -0.25) is 14.8 Å². The zero-order valence-electron chi connectivity index (χ0n) is 20.0. The van der Waals surface area contributed by atoms with Gasteiger partial charge in [-0.2, -0.15) is 0 Å². The summed E-state index contributed by atoms with van der Waals surface area (Å²) in [5, 5.41) is 6.92. The standard InChI is InChI=1S/C27H26N6O2S/c1-18(34)30-22-15-20(10-11-24(22)35-2)33-26(25(31-27(33)36)21-8-3-4-13-29-21)23-9-6-14-32(23)17-19-7-5-12-28-16-19/h3-16,25-26H,17H2,1-2H3,(H,30,34)(H,31,36)/t25-,26-/m0/s1. The molecular weight excluding hydrogens is 472 g/mol. The highest BCUT2D eigenvalue weighted by Crippen LogP contribution is 2.43. The first-order valence-corrected chi connectivity index (χ1v) is 12.0. The van der Waals surface area contributed by atoms with Crippen molar-refractivity contribution in [1.82, 2.24) is 19.9 Å². The number of carbonyl (C=O) groups is 1. The number of thiocarbonyl (C=S) groups is 1. The molecule has 0 spiro atoms. The monoisotopic (exact) mass is 498 g/mol. The van der Waals surface area contributed by atoms with Crippen molar-refractivity contribution in [2.24, 2.45) is 0 Å². The molecule has 2 N–H and O–H groups in total. The molecule has 8 nitrogen and oxygen atoms in total. The maximum Gasteiger partial charge on any atom is 0.221 e. The van der Waals surface area contributed by atoms with Gasteiger partial charge in [0, 0.05) is 49.6 Å². The molecule has 9 heteroatoms. The van der Waals surface area contributed by atoms with Gasteiger partial charge in [0.15, 0.2) is 5.11 Å². The van der Waals surface area contributed by atoms with E-state index in [1.54, 1.807) is 19.5 Å². The largest absolute Gasteiger partial charge is 0.495 e. The van der Waals surface area contributed by atoms with Gasteiger partial charge in [0.25, 0.3) is 0 Å². The Labute approximate surface area is 215 Å². The number of rotatable bonds is 7. The minimum Gasteiger partial charge on any atom is -0.495 e. The molecule has 182 valence electrons. The maximum atomic E-state index is 11.8. The van der Waals surface area contributed by atoms with Gasteiger partial charge in [-0.25, -0.2) is 0 Å². The Bertz CT molecular complexity index is 1380. The number of pyridine rings is 2. The molecule has 5 rings (SSSR count). The molecule has 1 fully saturated rings. The lowest BCUT2D eigenvalue weighted by molar-refractivity contribution is -0.114. The number of methoxy groups -OCH3 is 1. The first-order chi connectivity index (χ1) is 17.5. The van der Waals surface area contributed by atoms with E-state index < -0.39 is 0 Å². The zero-order valence-corrected chi connectivity index (χ0v) is 20.8. The van der Waals surface area contributed by atoms with Crippen molar-refractivity contribution in [3.05, 3.63) is 102 Å². The van der Waals surface area contributed by atoms with E-state index in [2.05, 4.69) is 48.4 Å². The van der Waals surface area contributed by atoms with Gasteiger partial charge < -0.3 is 24.8 Å². The third-order valence-electron chi connectivity index (χ3n) is 6.11. The van der Waals surface area contributed by atoms with Crippen molar-refractivity contribution in [1.29, 1.82) is 0 Å². The topological polar surface area (TPSA) is 84.3 Å². The molecule has 1 aliphatic heterocycles. The number of carbonyl (C=O) groups excluding carboxylic acids is 1. The average molecular weight is 499 g/mol. The van der Waals surface area contributed by atoms with E-state index >= 15 is 0 Å². The molecule has 1 saturated heterocycles. The fraction of sp³-hybridized carbons (Fsp3) is 0.185. The fourth-order valence-electron chi connectivity index (χ4n) is 4.59. The summed E-state index contributed by atoms with van der Waals surface area (Å²) < 4.78 is 7.67. The molecule has 3 aromatic heterocycles. The molecule has 0 aliphatic carbocycles. The smallest absolute Gasteiger partial charge is 0.221 e. The number of benzene rings is 1. The Morgan fingerprint density at radius 1 is 1.14 bits per heavy atom. The Kier molecular flexibility index (Phi) is 6.64. The molecule has 1 amide bonds. The van der Waals surface area contributed by atoms with Gasteiger partial charge in [-0.15, -0.1) is 0 Å². The van der Waals surface area contributed by atoms with E-state index in [1.807, 2.05) is 54.7 Å². The Morgan fingerprint density at radius 2 is 2.03 bits per heavy atom. The second-order valence-corrected chi connectivity index (χ2v) is 8.87. The molecule has 4 aromatic rings. The summed E-state index contributed by atoms with van der Waals surface area (Å²) in [4.78, 5) is 22.8. The number of anilines is 2. The van der Waals surface area contributed by atoms with Crippen LogP contribution in [0.15, 0.2) is 85.5 Å². The molecule has 4 heterocycles. The molecule has 0 saturated carbocycles. The highest BCUT2D eigenvalue weighted by atomic mass is 32.1. The first-order valence-electron chi connectivity index (χ1n) is 11.6. The van der Waals surface area contributed by atoms with Crippen LogP contribution in [0.5, 0.6) is 5.75 Å². The third-order valence-corrected chi connectivity index (χ3v) is 6.43. The van der Waals surface area contributed by atoms with Crippen LogP contribution in [0.2, 0.25) is 0 Å². The van der Waals surface area contributed by atoms with E-state index in [-0.39, 0.29) is 18.0 Å². The molecule has 0 bridgehead atoms. The van der Waals surface area contributed by atoms with Gasteiger partial charge in [0.2, 0.25) is 5.91 Å². The van der Waals surface area contributed by atoms with Gasteiger partial charge in [-0.05, 0) is 66.3 Å². The summed E-state index contributed by atoms with van der Waals surface area (Å²) in [6.45, 7) is 2.14. The van der Waals surface area contributed by atoms with Crippen molar-refractivity contribution in [3.63, 3.8) is 0 Å². The summed E-state index contributed by atoms with van der Waals surface area (Å²) in [7, 11) is 1.58. The van der Waals surface area contributed by atoms with Crippen LogP contribution < -0.4 is 20.3 Å². The summed E-state index contributed by atoms with van der Waals surface area (Å²) in [6, 6.07) is 19.3. The number of nitrogens with one attached hydrogen (secondary N) is 2. The van der Waals surface area contributed by atoms with Gasteiger partial charge in [-0.1, -0.05) is 12.1 Å². The van der Waals surface area contributed by atoms with Crippen molar-refractivity contribution in [3.8, 4) is 5.75 Å². The lowest BCUT2D eigenvalue weighted by atomic mass is 10.0. The molecule has 1 aromatic carbocycles. The van der Waals surface area contributed by atoms with Crippen molar-refractivity contribution in [2.45, 2.75) is 25.6 Å². The van der Waals surface area contributed by atoms with E-state index in [0.717, 1.165) is 22.6 Å². The van der Waals surface area contributed by atoms with Crippen LogP contribution in [0, 0.1) is 0 Å². The summed E-state index contributed by atoms with van der Waals surface area (Å²) in [5.74, 6) is 0.394. The molecule has 0 radical (unpaired) electrons. The van der Waals surface area contributed by atoms with Crippen molar-refractivity contribution >= 4 is 34.6 Å². The van der Waals surface area contributed by atoms with Crippen LogP contribution >= 0.6 is 12.2 Å². The number of ether oxygens (including phenoxy) is 1. The van der Waals surface area contributed by atoms with Crippen LogP contribution in [0.3, 0.4) is 0 Å². The maximum absolute atomic E-state index is 11.8. The summed E-state index contributed by atoms with van der Waals surface area (Å²) in [5.41, 5.74) is 4.46. The Balaban J connectivity index is 1.61. The second kappa shape index (κ2) is 10.2. The number of hydrogen-bond donors (Lipinski definition) is 2. The summed E-state index contributed by atoms with van der Waals surface area (Å²) in [6.07, 6.45) is 7.50. The van der Waals surface area contributed by atoms with Gasteiger partial charge >= 0.3 is 0 Å². The first kappa shape index (κ1) is 23.5. The summed E-state index contributed by atoms with van der Waals surface area (Å²) >= 11 is 5.87. The number of hydrogen-bond acceptors (Lipinski definition) is 5. The van der Waals surface area contributed by atoms with Crippen LogP contribution in [0.4, 0.5) is 11.4 Å². The number of nitrogens with zero attached hydrogens (tertiary/aromatic N) is 4. The van der Waals surface area contributed by atoms with Crippen LogP contribution in [0.25, 0.3) is 0 Å². The van der Waals surface area contributed by atoms with E-state index in [1.165, 1.54) is 6.92 Å². The van der Waals surface area contributed by atoms with Crippen LogP contribution in [-0.4, -0.2) is 32.7 Å². The van der Waals surface area contributed by atoms with Gasteiger partial charge in [0.1, 0.15) is 11.8 Å². The minimum atomic E-state index is -0.197. The second-order valence-electron chi connectivity index (χ2n) is 8.48. The third kappa shape index (κ3) is 4.65. The highest BCUT2D eigenvalue weighted by molar-refractivity contribution is 7.80. The molecule has 36 heavy (non-hydrogen) atoms. The Morgan fingerprint density at radius 3 is 2.75 bits per heavy atom. The lowest BCUT2D eigenvalue weighted by Gasteiger charge is -2.29. The SMILES string of the molecule is COc1ccc(N2C(=S)N[C@@H](c3ccccn3)[C@@H]2c2cccn2Cc2cccnc2)cc1NC(C)=O. The van der Waals surface area contributed by atoms with E-state index in [9.17, 15) is 4.79 Å². The zero-order chi connectivity index (χ0) is 25.1.